The van der Waals surface area contributed by atoms with Crippen LogP contribution in [0.25, 0.3) is 0 Å². The highest BCUT2D eigenvalue weighted by molar-refractivity contribution is 7.13. The van der Waals surface area contributed by atoms with Crippen LogP contribution < -0.4 is 10.1 Å². The molecule has 1 amide bonds. The maximum atomic E-state index is 11.7. The minimum absolute atomic E-state index is 0.0559. The van der Waals surface area contributed by atoms with Gasteiger partial charge in [-0.15, -0.1) is 11.3 Å². The van der Waals surface area contributed by atoms with Gasteiger partial charge >= 0.3 is 0 Å². The van der Waals surface area contributed by atoms with Gasteiger partial charge in [0.2, 0.25) is 0 Å². The fourth-order valence-corrected chi connectivity index (χ4v) is 2.24. The largest absolute Gasteiger partial charge is 0.484 e. The van der Waals surface area contributed by atoms with Crippen molar-refractivity contribution >= 4 is 34.0 Å². The second kappa shape index (κ2) is 6.04. The first-order valence-electron chi connectivity index (χ1n) is 5.65. The van der Waals surface area contributed by atoms with Crippen LogP contribution in [0.2, 0.25) is 5.02 Å². The number of anilines is 1. The molecule has 19 heavy (non-hydrogen) atoms. The highest BCUT2D eigenvalue weighted by Crippen LogP contribution is 2.21. The van der Waals surface area contributed by atoms with Crippen molar-refractivity contribution < 1.29 is 9.53 Å². The van der Waals surface area contributed by atoms with Crippen LogP contribution in [0.3, 0.4) is 0 Å². The normalized spacial score (nSPS) is 10.3. The Balaban J connectivity index is 1.88. The van der Waals surface area contributed by atoms with E-state index < -0.39 is 0 Å². The number of hydrogen-bond acceptors (Lipinski definition) is 4. The Morgan fingerprint density at radius 1 is 1.47 bits per heavy atom. The van der Waals surface area contributed by atoms with Crippen molar-refractivity contribution in [3.63, 3.8) is 0 Å². The Labute approximate surface area is 120 Å². The number of amides is 1. The maximum Gasteiger partial charge on any atom is 0.264 e. The molecule has 4 nitrogen and oxygen atoms in total. The summed E-state index contributed by atoms with van der Waals surface area (Å²) < 4.78 is 5.39. The molecule has 1 heterocycles. The Hall–Kier alpha value is -1.59. The molecule has 6 heteroatoms. The summed E-state index contributed by atoms with van der Waals surface area (Å²) in [4.78, 5) is 15.8. The lowest BCUT2D eigenvalue weighted by atomic mass is 10.2. The number of hydrogen-bond donors (Lipinski definition) is 1. The number of aromatic nitrogens is 1. The molecule has 0 radical (unpaired) electrons. The quantitative estimate of drug-likeness (QED) is 0.940. The maximum absolute atomic E-state index is 11.7. The number of thiazole rings is 1. The van der Waals surface area contributed by atoms with Crippen molar-refractivity contribution in [2.75, 3.05) is 11.9 Å². The van der Waals surface area contributed by atoms with E-state index in [2.05, 4.69) is 10.3 Å². The molecule has 0 fully saturated rings. The number of halogens is 1. The number of nitrogens with one attached hydrogen (secondary N) is 1. The van der Waals surface area contributed by atoms with Crippen molar-refractivity contribution in [2.24, 2.45) is 0 Å². The molecule has 2 rings (SSSR count). The minimum atomic E-state index is -0.234. The Bertz CT molecular complexity index is 598. The van der Waals surface area contributed by atoms with Gasteiger partial charge in [-0.1, -0.05) is 11.6 Å². The molecule has 2 aromatic rings. The lowest BCUT2D eigenvalue weighted by molar-refractivity contribution is -0.118. The second-order valence-electron chi connectivity index (χ2n) is 4.04. The first-order chi connectivity index (χ1) is 9.04. The highest BCUT2D eigenvalue weighted by atomic mass is 35.5. The summed E-state index contributed by atoms with van der Waals surface area (Å²) in [6.07, 6.45) is 0. The predicted octanol–water partition coefficient (Wildman–Crippen LogP) is 3.43. The molecule has 0 saturated heterocycles. The Kier molecular flexibility index (Phi) is 4.39. The van der Waals surface area contributed by atoms with Gasteiger partial charge in [0.25, 0.3) is 5.91 Å². The summed E-state index contributed by atoms with van der Waals surface area (Å²) >= 11 is 7.30. The van der Waals surface area contributed by atoms with E-state index in [4.69, 9.17) is 16.3 Å². The van der Waals surface area contributed by atoms with Gasteiger partial charge in [-0.25, -0.2) is 4.98 Å². The van der Waals surface area contributed by atoms with Crippen LogP contribution in [0.4, 0.5) is 5.13 Å². The monoisotopic (exact) mass is 296 g/mol. The van der Waals surface area contributed by atoms with Gasteiger partial charge in [0.15, 0.2) is 11.7 Å². The summed E-state index contributed by atoms with van der Waals surface area (Å²) in [6.45, 7) is 3.70. The van der Waals surface area contributed by atoms with E-state index in [1.807, 2.05) is 19.2 Å². The van der Waals surface area contributed by atoms with E-state index >= 15 is 0 Å². The van der Waals surface area contributed by atoms with Crippen molar-refractivity contribution in [1.82, 2.24) is 4.98 Å². The van der Waals surface area contributed by atoms with Gasteiger partial charge < -0.3 is 4.74 Å². The SMILES string of the molecule is Cc1csc(NC(=O)COc2ccc(Cl)c(C)c2)n1. The van der Waals surface area contributed by atoms with E-state index in [0.717, 1.165) is 11.3 Å². The number of carbonyl (C=O) groups excluding carboxylic acids is 1. The first kappa shape index (κ1) is 13.8. The van der Waals surface area contributed by atoms with Gasteiger partial charge in [-0.05, 0) is 37.6 Å². The molecule has 0 atom stereocenters. The molecule has 0 unspecified atom stereocenters. The molecule has 1 N–H and O–H groups in total. The van der Waals surface area contributed by atoms with Crippen molar-refractivity contribution in [1.29, 1.82) is 0 Å². The number of rotatable bonds is 4. The highest BCUT2D eigenvalue weighted by Gasteiger charge is 2.07. The molecule has 0 bridgehead atoms. The zero-order valence-electron chi connectivity index (χ0n) is 10.6. The average Bonchev–Trinajstić information content (AvgIpc) is 2.76. The van der Waals surface area contributed by atoms with E-state index in [9.17, 15) is 4.79 Å². The molecule has 0 spiro atoms. The predicted molar refractivity (Wildman–Crippen MR) is 77.2 cm³/mol. The Morgan fingerprint density at radius 2 is 2.26 bits per heavy atom. The zero-order chi connectivity index (χ0) is 13.8. The molecule has 0 aliphatic carbocycles. The molecule has 0 saturated carbocycles. The van der Waals surface area contributed by atoms with E-state index in [0.29, 0.717) is 15.9 Å². The van der Waals surface area contributed by atoms with E-state index in [1.54, 1.807) is 18.2 Å². The second-order valence-corrected chi connectivity index (χ2v) is 5.31. The van der Waals surface area contributed by atoms with Crippen molar-refractivity contribution in [3.05, 3.63) is 39.9 Å². The van der Waals surface area contributed by atoms with Crippen LogP contribution in [-0.4, -0.2) is 17.5 Å². The minimum Gasteiger partial charge on any atom is -0.484 e. The number of nitrogens with zero attached hydrogens (tertiary/aromatic N) is 1. The lowest BCUT2D eigenvalue weighted by Crippen LogP contribution is -2.20. The molecule has 1 aromatic carbocycles. The summed E-state index contributed by atoms with van der Waals surface area (Å²) in [5.41, 5.74) is 1.80. The zero-order valence-corrected chi connectivity index (χ0v) is 12.1. The van der Waals surface area contributed by atoms with Gasteiger partial charge in [-0.2, -0.15) is 0 Å². The van der Waals surface area contributed by atoms with Gasteiger partial charge in [0, 0.05) is 10.4 Å². The number of aryl methyl sites for hydroxylation is 2. The van der Waals surface area contributed by atoms with E-state index in [1.165, 1.54) is 11.3 Å². The summed E-state index contributed by atoms with van der Waals surface area (Å²) in [5, 5.41) is 5.81. The molecular formula is C13H13ClN2O2S. The summed E-state index contributed by atoms with van der Waals surface area (Å²) in [6, 6.07) is 5.27. The first-order valence-corrected chi connectivity index (χ1v) is 6.91. The third-order valence-corrected chi connectivity index (χ3v) is 3.66. The van der Waals surface area contributed by atoms with Crippen LogP contribution in [-0.2, 0) is 4.79 Å². The van der Waals surface area contributed by atoms with Crippen LogP contribution >= 0.6 is 22.9 Å². The third kappa shape index (κ3) is 3.94. The number of ether oxygens (including phenoxy) is 1. The van der Waals surface area contributed by atoms with E-state index in [-0.39, 0.29) is 12.5 Å². The summed E-state index contributed by atoms with van der Waals surface area (Å²) in [5.74, 6) is 0.384. The van der Waals surface area contributed by atoms with Crippen LogP contribution in [0.15, 0.2) is 23.6 Å². The fraction of sp³-hybridized carbons (Fsp3) is 0.231. The molecular weight excluding hydrogens is 284 g/mol. The van der Waals surface area contributed by atoms with Gasteiger partial charge in [-0.3, -0.25) is 10.1 Å². The standard InChI is InChI=1S/C13H13ClN2O2S/c1-8-5-10(3-4-11(8)14)18-6-12(17)16-13-15-9(2)7-19-13/h3-5,7H,6H2,1-2H3,(H,15,16,17). The fourth-order valence-electron chi connectivity index (χ4n) is 1.42. The van der Waals surface area contributed by atoms with Gasteiger partial charge in [0.05, 0.1) is 5.69 Å². The van der Waals surface area contributed by atoms with Crippen molar-refractivity contribution in [3.8, 4) is 5.75 Å². The van der Waals surface area contributed by atoms with Crippen LogP contribution in [0.5, 0.6) is 5.75 Å². The summed E-state index contributed by atoms with van der Waals surface area (Å²) in [7, 11) is 0. The lowest BCUT2D eigenvalue weighted by Gasteiger charge is -2.07. The topological polar surface area (TPSA) is 51.2 Å². The molecule has 1 aromatic heterocycles. The number of benzene rings is 1. The average molecular weight is 297 g/mol. The van der Waals surface area contributed by atoms with Crippen LogP contribution in [0.1, 0.15) is 11.3 Å². The van der Waals surface area contributed by atoms with Crippen molar-refractivity contribution in [2.45, 2.75) is 13.8 Å². The van der Waals surface area contributed by atoms with Gasteiger partial charge in [0.1, 0.15) is 5.75 Å². The molecule has 0 aliphatic rings. The number of carbonyl (C=O) groups is 1. The third-order valence-electron chi connectivity index (χ3n) is 2.36. The Morgan fingerprint density at radius 3 is 2.89 bits per heavy atom. The molecule has 0 aliphatic heterocycles. The smallest absolute Gasteiger partial charge is 0.264 e. The van der Waals surface area contributed by atoms with Crippen LogP contribution in [0, 0.1) is 13.8 Å². The molecule has 100 valence electrons.